The molecule has 2 aliphatic rings. The number of hydrogen-bond acceptors (Lipinski definition) is 0. The van der Waals surface area contributed by atoms with E-state index in [9.17, 15) is 0 Å². The summed E-state index contributed by atoms with van der Waals surface area (Å²) in [5.74, 6) is -1.20. The molecule has 0 saturated carbocycles. The SMILES string of the molecule is CCC[CH2][Zr]([CH2]CCC)([CH]1C(CC)=Cc2c(-c3ccccc3)cccc21)([CH]1C(CC)=Cc2c(-c3ccccc3)cccc21)[SiH](C)C. The molecule has 2 unspecified atom stereocenters. The van der Waals surface area contributed by atoms with Gasteiger partial charge in [0.1, 0.15) is 0 Å². The van der Waals surface area contributed by atoms with E-state index in [1.54, 1.807) is 22.3 Å². The molecule has 0 heterocycles. The Kier molecular flexibility index (Phi) is 10.1. The first-order valence-electron chi connectivity index (χ1n) is 18.4. The molecule has 0 bridgehead atoms. The van der Waals surface area contributed by atoms with Crippen LogP contribution in [-0.4, -0.2) is 5.92 Å². The molecule has 0 aliphatic heterocycles. The van der Waals surface area contributed by atoms with E-state index in [1.807, 2.05) is 0 Å². The summed E-state index contributed by atoms with van der Waals surface area (Å²) in [5.41, 5.74) is 15.6. The molecule has 0 fully saturated rings. The zero-order valence-electron chi connectivity index (χ0n) is 29.3. The normalized spacial score (nSPS) is 18.1. The molecule has 0 nitrogen and oxygen atoms in total. The summed E-state index contributed by atoms with van der Waals surface area (Å²) in [6.07, 6.45) is 13.1. The van der Waals surface area contributed by atoms with Gasteiger partial charge in [0.05, 0.1) is 0 Å². The maximum atomic E-state index is 2.83. The summed E-state index contributed by atoms with van der Waals surface area (Å²) in [6.45, 7) is 15.5. The van der Waals surface area contributed by atoms with Gasteiger partial charge in [-0.3, -0.25) is 0 Å². The molecule has 2 heteroatoms. The molecule has 2 aliphatic carbocycles. The Hall–Kier alpha value is -2.54. The fourth-order valence-electron chi connectivity index (χ4n) is 10.4. The molecule has 0 radical (unpaired) electrons. The second kappa shape index (κ2) is 13.9. The van der Waals surface area contributed by atoms with Gasteiger partial charge >= 0.3 is 284 Å². The van der Waals surface area contributed by atoms with Gasteiger partial charge in [-0.25, -0.2) is 0 Å². The van der Waals surface area contributed by atoms with Crippen molar-refractivity contribution in [3.8, 4) is 22.3 Å². The summed E-state index contributed by atoms with van der Waals surface area (Å²) < 4.78 is 4.30. The fraction of sp³-hybridized carbons (Fsp3) is 0.364. The van der Waals surface area contributed by atoms with Crippen molar-refractivity contribution in [2.75, 3.05) is 0 Å². The van der Waals surface area contributed by atoms with E-state index in [1.165, 1.54) is 67.3 Å². The van der Waals surface area contributed by atoms with Gasteiger partial charge in [0.25, 0.3) is 0 Å². The molecule has 0 spiro atoms. The van der Waals surface area contributed by atoms with Crippen molar-refractivity contribution >= 4 is 18.1 Å². The van der Waals surface area contributed by atoms with Crippen LogP contribution in [0, 0.1) is 0 Å². The number of fused-ring (bicyclic) bond motifs is 2. The van der Waals surface area contributed by atoms with E-state index >= 15 is 0 Å². The Morgan fingerprint density at radius 3 is 1.28 bits per heavy atom. The van der Waals surface area contributed by atoms with Gasteiger partial charge in [-0.1, -0.05) is 0 Å². The van der Waals surface area contributed by atoms with Gasteiger partial charge in [0.2, 0.25) is 0 Å². The Bertz CT molecular complexity index is 1600. The minimum atomic E-state index is -3.94. The van der Waals surface area contributed by atoms with Crippen LogP contribution in [0.5, 0.6) is 0 Å². The average molecular weight is 703 g/mol. The first-order valence-corrected chi connectivity index (χ1v) is 31.8. The van der Waals surface area contributed by atoms with Crippen molar-refractivity contribution in [3.05, 3.63) is 130 Å². The molecular weight excluding hydrogens is 648 g/mol. The maximum absolute atomic E-state index is 3.94. The molecule has 4 aromatic rings. The van der Waals surface area contributed by atoms with Crippen LogP contribution in [0.25, 0.3) is 34.4 Å². The van der Waals surface area contributed by atoms with Crippen LogP contribution in [0.15, 0.2) is 108 Å². The summed E-state index contributed by atoms with van der Waals surface area (Å²) in [6, 6.07) is 37.1. The van der Waals surface area contributed by atoms with Gasteiger partial charge in [0.15, 0.2) is 0 Å². The number of allylic oxidation sites excluding steroid dienone is 2. The predicted octanol–water partition coefficient (Wildman–Crippen LogP) is 13.5. The third-order valence-corrected chi connectivity index (χ3v) is 63.1. The van der Waals surface area contributed by atoms with Crippen LogP contribution in [0.1, 0.15) is 95.7 Å². The minimum absolute atomic E-state index is 0.640. The van der Waals surface area contributed by atoms with Crippen molar-refractivity contribution in [2.45, 2.75) is 94.8 Å². The molecule has 2 atom stereocenters. The van der Waals surface area contributed by atoms with E-state index < -0.39 is 23.9 Å². The van der Waals surface area contributed by atoms with Crippen LogP contribution < -0.4 is 0 Å². The second-order valence-electron chi connectivity index (χ2n) is 14.7. The molecule has 239 valence electrons. The quantitative estimate of drug-likeness (QED) is 0.122. The van der Waals surface area contributed by atoms with Crippen LogP contribution >= 0.6 is 0 Å². The van der Waals surface area contributed by atoms with Crippen LogP contribution in [0.4, 0.5) is 0 Å². The van der Waals surface area contributed by atoms with Gasteiger partial charge in [-0.05, 0) is 0 Å². The molecule has 0 N–H and O–H groups in total. The summed E-state index contributed by atoms with van der Waals surface area (Å²) in [7, 11) is 0. The molecule has 0 amide bonds. The fourth-order valence-corrected chi connectivity index (χ4v) is 59.8. The number of hydrogen-bond donors (Lipinski definition) is 0. The molecule has 0 saturated heterocycles. The summed E-state index contributed by atoms with van der Waals surface area (Å²) >= 11 is -3.94. The molecule has 46 heavy (non-hydrogen) atoms. The van der Waals surface area contributed by atoms with Crippen LogP contribution in [-0.2, 0) is 17.9 Å². The molecule has 6 rings (SSSR count). The third kappa shape index (κ3) is 5.27. The van der Waals surface area contributed by atoms with Crippen molar-refractivity contribution in [2.24, 2.45) is 0 Å². The van der Waals surface area contributed by atoms with E-state index in [0.717, 1.165) is 12.8 Å². The van der Waals surface area contributed by atoms with E-state index in [0.29, 0.717) is 7.25 Å². The molecule has 0 aromatic heterocycles. The van der Waals surface area contributed by atoms with Crippen molar-refractivity contribution < 1.29 is 17.9 Å². The molecule has 4 aromatic carbocycles. The van der Waals surface area contributed by atoms with E-state index in [2.05, 4.69) is 150 Å². The van der Waals surface area contributed by atoms with Gasteiger partial charge in [-0.15, -0.1) is 0 Å². The number of rotatable bonds is 13. The van der Waals surface area contributed by atoms with Crippen LogP contribution in [0.3, 0.4) is 0 Å². The van der Waals surface area contributed by atoms with Gasteiger partial charge in [-0.2, -0.15) is 0 Å². The zero-order valence-corrected chi connectivity index (χ0v) is 32.9. The molecular formula is C44H55SiZr. The van der Waals surface area contributed by atoms with Crippen molar-refractivity contribution in [3.63, 3.8) is 0 Å². The first-order chi connectivity index (χ1) is 22.4. The van der Waals surface area contributed by atoms with Crippen molar-refractivity contribution in [1.29, 1.82) is 0 Å². The Morgan fingerprint density at radius 2 is 0.935 bits per heavy atom. The summed E-state index contributed by atoms with van der Waals surface area (Å²) in [4.78, 5) is 0. The van der Waals surface area contributed by atoms with E-state index in [-0.39, 0.29) is 0 Å². The standard InChI is InChI=1S/2C17H15.2C4H9.C2H7Si.Zr/c2*1-2-13-11-15-9-6-10-16(17(15)12-13)14-7-4-3-5-8-14;2*1-3-4-2;1-3-2;/h2*3-12H,2H2,1H3;2*1,3-4H2,2H3;3H,1-2H3;. The Labute approximate surface area is 281 Å². The van der Waals surface area contributed by atoms with Crippen molar-refractivity contribution in [1.82, 2.24) is 0 Å². The van der Waals surface area contributed by atoms with Gasteiger partial charge < -0.3 is 0 Å². The Morgan fingerprint density at radius 1 is 0.522 bits per heavy atom. The van der Waals surface area contributed by atoms with Crippen LogP contribution in [0.2, 0.25) is 21.4 Å². The van der Waals surface area contributed by atoms with Gasteiger partial charge in [0, 0.05) is 0 Å². The average Bonchev–Trinajstić information content (AvgIpc) is 3.69. The van der Waals surface area contributed by atoms with E-state index in [4.69, 9.17) is 0 Å². The second-order valence-corrected chi connectivity index (χ2v) is 49.3. The third-order valence-electron chi connectivity index (χ3n) is 12.5. The summed E-state index contributed by atoms with van der Waals surface area (Å²) in [5, 5.41) is 0. The monoisotopic (exact) mass is 701 g/mol. The number of benzene rings is 4. The topological polar surface area (TPSA) is 0 Å². The Balaban J connectivity index is 1.70. The zero-order chi connectivity index (χ0) is 32.3. The predicted molar refractivity (Wildman–Crippen MR) is 204 cm³/mol. The first kappa shape index (κ1) is 33.4. The number of unbranched alkanes of at least 4 members (excludes halogenated alkanes) is 2.